The second kappa shape index (κ2) is 12.5. The monoisotopic (exact) mass is 515 g/mol. The maximum absolute atomic E-state index is 12.9. The molecule has 178 valence electrons. The van der Waals surface area contributed by atoms with E-state index in [0.717, 1.165) is 16.3 Å². The Morgan fingerprint density at radius 2 is 1.68 bits per heavy atom. The number of carbonyl (C=O) groups excluding carboxylic acids is 1. The number of para-hydroxylation sites is 2. The zero-order chi connectivity index (χ0) is 24.5. The number of methoxy groups -OCH3 is 2. The van der Waals surface area contributed by atoms with E-state index >= 15 is 0 Å². The third-order valence-corrected chi connectivity index (χ3v) is 6.67. The third kappa shape index (κ3) is 7.03. The number of anilines is 3. The van der Waals surface area contributed by atoms with Gasteiger partial charge in [-0.3, -0.25) is 4.79 Å². The summed E-state index contributed by atoms with van der Waals surface area (Å²) in [5.74, 6) is 1.16. The van der Waals surface area contributed by atoms with Gasteiger partial charge in [0.05, 0.1) is 30.2 Å². The molecule has 6 nitrogen and oxygen atoms in total. The van der Waals surface area contributed by atoms with Gasteiger partial charge in [-0.25, -0.2) is 0 Å². The fraction of sp³-hybridized carbons (Fsp3) is 0.200. The predicted molar refractivity (Wildman–Crippen MR) is 146 cm³/mol. The van der Waals surface area contributed by atoms with Gasteiger partial charge in [-0.15, -0.1) is 11.8 Å². The highest BCUT2D eigenvalue weighted by atomic mass is 35.5. The number of halogens is 1. The van der Waals surface area contributed by atoms with E-state index in [2.05, 4.69) is 16.0 Å². The van der Waals surface area contributed by atoms with Crippen LogP contribution in [0.1, 0.15) is 13.3 Å². The topological polar surface area (TPSA) is 71.6 Å². The number of benzene rings is 3. The van der Waals surface area contributed by atoms with E-state index in [9.17, 15) is 4.79 Å². The van der Waals surface area contributed by atoms with Crippen molar-refractivity contribution < 1.29 is 14.3 Å². The summed E-state index contributed by atoms with van der Waals surface area (Å²) in [6.45, 7) is 1.98. The molecule has 0 fully saturated rings. The van der Waals surface area contributed by atoms with Crippen molar-refractivity contribution in [1.29, 1.82) is 0 Å². The van der Waals surface area contributed by atoms with Gasteiger partial charge in [-0.2, -0.15) is 0 Å². The van der Waals surface area contributed by atoms with Crippen LogP contribution in [0, 0.1) is 0 Å². The first-order valence-corrected chi connectivity index (χ1v) is 12.2. The van der Waals surface area contributed by atoms with Crippen molar-refractivity contribution in [3.05, 3.63) is 71.8 Å². The highest BCUT2D eigenvalue weighted by molar-refractivity contribution is 8.00. The summed E-state index contributed by atoms with van der Waals surface area (Å²) >= 11 is 13.1. The highest BCUT2D eigenvalue weighted by Crippen LogP contribution is 2.31. The van der Waals surface area contributed by atoms with E-state index in [1.165, 1.54) is 11.8 Å². The summed E-state index contributed by atoms with van der Waals surface area (Å²) in [4.78, 5) is 13.8. The lowest BCUT2D eigenvalue weighted by Gasteiger charge is -2.17. The molecular formula is C25H26ClN3O3S2. The number of ether oxygens (including phenoxy) is 2. The maximum atomic E-state index is 12.9. The van der Waals surface area contributed by atoms with Gasteiger partial charge in [-0.05, 0) is 67.2 Å². The molecule has 1 unspecified atom stereocenters. The minimum absolute atomic E-state index is 0.0968. The van der Waals surface area contributed by atoms with Gasteiger partial charge in [0.25, 0.3) is 0 Å². The lowest BCUT2D eigenvalue weighted by atomic mass is 10.2. The Balaban J connectivity index is 1.63. The summed E-state index contributed by atoms with van der Waals surface area (Å²) < 4.78 is 10.5. The van der Waals surface area contributed by atoms with E-state index in [1.807, 2.05) is 55.5 Å². The van der Waals surface area contributed by atoms with Crippen molar-refractivity contribution in [2.45, 2.75) is 23.5 Å². The lowest BCUT2D eigenvalue weighted by molar-refractivity contribution is -0.115. The Bertz CT molecular complexity index is 1160. The largest absolute Gasteiger partial charge is 0.495 e. The molecule has 1 atom stereocenters. The first-order valence-electron chi connectivity index (χ1n) is 10.6. The van der Waals surface area contributed by atoms with E-state index in [4.69, 9.17) is 33.3 Å². The van der Waals surface area contributed by atoms with Crippen molar-refractivity contribution in [3.63, 3.8) is 0 Å². The molecule has 0 aromatic heterocycles. The standard InChI is InChI=1S/C25H26ClN3O3S2/c1-4-23(24(30)27-17-12-13-21(31-2)19(26)15-17)34-18-9-7-8-16(14-18)28-25(33)29-20-10-5-6-11-22(20)32-3/h5-15,23H,4H2,1-3H3,(H,27,30)(H2,28,29,33). The number of carbonyl (C=O) groups is 1. The number of hydrogen-bond donors (Lipinski definition) is 3. The average molecular weight is 516 g/mol. The molecule has 1 amide bonds. The molecule has 0 radical (unpaired) electrons. The number of nitrogens with one attached hydrogen (secondary N) is 3. The number of thioether (sulfide) groups is 1. The van der Waals surface area contributed by atoms with Crippen molar-refractivity contribution in [1.82, 2.24) is 0 Å². The summed E-state index contributed by atoms with van der Waals surface area (Å²) in [5.41, 5.74) is 2.21. The second-order valence-electron chi connectivity index (χ2n) is 7.16. The lowest BCUT2D eigenvalue weighted by Crippen LogP contribution is -2.24. The van der Waals surface area contributed by atoms with Gasteiger partial charge in [0.1, 0.15) is 11.5 Å². The van der Waals surface area contributed by atoms with Crippen molar-refractivity contribution in [3.8, 4) is 11.5 Å². The number of hydrogen-bond acceptors (Lipinski definition) is 5. The van der Waals surface area contributed by atoms with Crippen LogP contribution < -0.4 is 25.4 Å². The van der Waals surface area contributed by atoms with Crippen LogP contribution in [0.2, 0.25) is 5.02 Å². The SMILES string of the molecule is CCC(Sc1cccc(NC(=S)Nc2ccccc2OC)c1)C(=O)Nc1ccc(OC)c(Cl)c1. The smallest absolute Gasteiger partial charge is 0.237 e. The Morgan fingerprint density at radius 3 is 2.38 bits per heavy atom. The van der Waals surface area contributed by atoms with E-state index in [1.54, 1.807) is 32.4 Å². The molecule has 34 heavy (non-hydrogen) atoms. The van der Waals surface area contributed by atoms with Gasteiger partial charge >= 0.3 is 0 Å². The Kier molecular flexibility index (Phi) is 9.44. The average Bonchev–Trinajstić information content (AvgIpc) is 2.83. The zero-order valence-corrected chi connectivity index (χ0v) is 21.4. The number of thiocarbonyl (C=S) groups is 1. The molecule has 0 saturated heterocycles. The Hall–Kier alpha value is -2.94. The highest BCUT2D eigenvalue weighted by Gasteiger charge is 2.19. The minimum atomic E-state index is -0.283. The molecule has 0 aliphatic heterocycles. The normalized spacial score (nSPS) is 11.3. The van der Waals surface area contributed by atoms with Crippen molar-refractivity contribution in [2.24, 2.45) is 0 Å². The van der Waals surface area contributed by atoms with E-state index in [0.29, 0.717) is 33.7 Å². The first-order chi connectivity index (χ1) is 16.4. The molecule has 0 bridgehead atoms. The van der Waals surface area contributed by atoms with E-state index < -0.39 is 0 Å². The van der Waals surface area contributed by atoms with Crippen LogP contribution in [0.5, 0.6) is 11.5 Å². The minimum Gasteiger partial charge on any atom is -0.495 e. The Morgan fingerprint density at radius 1 is 0.941 bits per heavy atom. The summed E-state index contributed by atoms with van der Waals surface area (Å²) in [7, 11) is 3.16. The summed E-state index contributed by atoms with van der Waals surface area (Å²) in [6, 6.07) is 20.5. The molecule has 3 rings (SSSR count). The molecule has 0 saturated carbocycles. The van der Waals surface area contributed by atoms with Crippen LogP contribution in [-0.4, -0.2) is 30.5 Å². The second-order valence-corrected chi connectivity index (χ2v) is 9.25. The van der Waals surface area contributed by atoms with Crippen LogP contribution in [0.4, 0.5) is 17.1 Å². The van der Waals surface area contributed by atoms with Crippen molar-refractivity contribution >= 4 is 63.7 Å². The van der Waals surface area contributed by atoms with Crippen LogP contribution >= 0.6 is 35.6 Å². The van der Waals surface area contributed by atoms with Gasteiger partial charge in [0.2, 0.25) is 5.91 Å². The van der Waals surface area contributed by atoms with Crippen LogP contribution in [0.15, 0.2) is 71.6 Å². The van der Waals surface area contributed by atoms with Crippen LogP contribution in [0.3, 0.4) is 0 Å². The molecule has 0 aliphatic carbocycles. The van der Waals surface area contributed by atoms with Crippen molar-refractivity contribution in [2.75, 3.05) is 30.2 Å². The first kappa shape index (κ1) is 25.7. The number of rotatable bonds is 9. The number of amides is 1. The van der Waals surface area contributed by atoms with Gasteiger partial charge in [0.15, 0.2) is 5.11 Å². The fourth-order valence-corrected chi connectivity index (χ4v) is 4.63. The zero-order valence-electron chi connectivity index (χ0n) is 19.1. The maximum Gasteiger partial charge on any atom is 0.237 e. The molecule has 3 N–H and O–H groups in total. The Labute approximate surface area is 214 Å². The quantitative estimate of drug-likeness (QED) is 0.217. The van der Waals surface area contributed by atoms with Gasteiger partial charge in [0, 0.05) is 16.3 Å². The predicted octanol–water partition coefficient (Wildman–Crippen LogP) is 6.68. The van der Waals surface area contributed by atoms with Crippen LogP contribution in [-0.2, 0) is 4.79 Å². The fourth-order valence-electron chi connectivity index (χ4n) is 3.13. The van der Waals surface area contributed by atoms with Gasteiger partial charge in [-0.1, -0.05) is 36.7 Å². The molecule has 3 aromatic rings. The molecular weight excluding hydrogens is 490 g/mol. The summed E-state index contributed by atoms with van der Waals surface area (Å²) in [5, 5.41) is 9.86. The third-order valence-electron chi connectivity index (χ3n) is 4.81. The molecule has 9 heteroatoms. The van der Waals surface area contributed by atoms with Gasteiger partial charge < -0.3 is 25.4 Å². The molecule has 0 heterocycles. The molecule has 3 aromatic carbocycles. The van der Waals surface area contributed by atoms with E-state index in [-0.39, 0.29) is 11.2 Å². The molecule has 0 aliphatic rings. The molecule has 0 spiro atoms. The van der Waals surface area contributed by atoms with Crippen LogP contribution in [0.25, 0.3) is 0 Å². The summed E-state index contributed by atoms with van der Waals surface area (Å²) in [6.07, 6.45) is 0.659.